The molecule has 0 unspecified atom stereocenters. The first kappa shape index (κ1) is 13.4. The van der Waals surface area contributed by atoms with Gasteiger partial charge in [0.05, 0.1) is 6.20 Å². The van der Waals surface area contributed by atoms with E-state index >= 15 is 0 Å². The molecule has 2 N–H and O–H groups in total. The number of nitrogens with zero attached hydrogens (tertiary/aromatic N) is 2. The predicted octanol–water partition coefficient (Wildman–Crippen LogP) is 2.87. The van der Waals surface area contributed by atoms with Crippen LogP contribution in [0.4, 0.5) is 5.82 Å². The molecule has 0 bridgehead atoms. The van der Waals surface area contributed by atoms with Crippen molar-refractivity contribution in [2.75, 3.05) is 5.32 Å². The first-order valence-corrected chi connectivity index (χ1v) is 5.71. The molecule has 0 fully saturated rings. The summed E-state index contributed by atoms with van der Waals surface area (Å²) >= 11 is 16.6. The molecule has 0 radical (unpaired) electrons. The lowest BCUT2D eigenvalue weighted by Crippen LogP contribution is -2.43. The van der Waals surface area contributed by atoms with Crippen LogP contribution >= 0.6 is 35.4 Å². The van der Waals surface area contributed by atoms with E-state index < -0.39 is 0 Å². The van der Waals surface area contributed by atoms with Crippen molar-refractivity contribution in [3.05, 3.63) is 16.5 Å². The zero-order valence-electron chi connectivity index (χ0n) is 9.14. The highest BCUT2D eigenvalue weighted by molar-refractivity contribution is 7.80. The molecule has 0 aliphatic carbocycles. The first-order chi connectivity index (χ1) is 7.28. The standard InChI is InChI=1S/C9H12Cl2N4S/c1-9(2,3)15-8(16)14-7-6(11)13-5(10)4-12-7/h4H,1-3H3,(H2,12,14,15,16). The number of rotatable bonds is 1. The van der Waals surface area contributed by atoms with Gasteiger partial charge in [-0.2, -0.15) is 0 Å². The van der Waals surface area contributed by atoms with Crippen molar-refractivity contribution in [3.63, 3.8) is 0 Å². The Morgan fingerprint density at radius 1 is 1.38 bits per heavy atom. The fraction of sp³-hybridized carbons (Fsp3) is 0.444. The summed E-state index contributed by atoms with van der Waals surface area (Å²) in [5, 5.41) is 6.78. The van der Waals surface area contributed by atoms with E-state index in [1.807, 2.05) is 20.8 Å². The Bertz CT molecular complexity index is 403. The lowest BCUT2D eigenvalue weighted by molar-refractivity contribution is 0.515. The van der Waals surface area contributed by atoms with Crippen LogP contribution in [0.2, 0.25) is 10.3 Å². The van der Waals surface area contributed by atoms with Gasteiger partial charge < -0.3 is 10.6 Å². The minimum Gasteiger partial charge on any atom is -0.358 e. The Balaban J connectivity index is 2.70. The molecule has 1 aromatic rings. The van der Waals surface area contributed by atoms with Crippen molar-refractivity contribution in [2.45, 2.75) is 26.3 Å². The van der Waals surface area contributed by atoms with Crippen LogP contribution in [0.5, 0.6) is 0 Å². The van der Waals surface area contributed by atoms with Gasteiger partial charge in [-0.25, -0.2) is 9.97 Å². The predicted molar refractivity (Wildman–Crippen MR) is 71.2 cm³/mol. The lowest BCUT2D eigenvalue weighted by atomic mass is 10.1. The molecular formula is C9H12Cl2N4S. The summed E-state index contributed by atoms with van der Waals surface area (Å²) in [4.78, 5) is 7.82. The molecule has 0 aliphatic rings. The quantitative estimate of drug-likeness (QED) is 0.774. The third-order valence-corrected chi connectivity index (χ3v) is 2.07. The van der Waals surface area contributed by atoms with Gasteiger partial charge in [-0.1, -0.05) is 23.2 Å². The number of hydrogen-bond donors (Lipinski definition) is 2. The molecule has 0 saturated carbocycles. The number of hydrogen-bond acceptors (Lipinski definition) is 3. The maximum Gasteiger partial charge on any atom is 0.173 e. The third kappa shape index (κ3) is 4.47. The molecule has 0 amide bonds. The van der Waals surface area contributed by atoms with Gasteiger partial charge in [-0.05, 0) is 33.0 Å². The van der Waals surface area contributed by atoms with Crippen LogP contribution in [0.3, 0.4) is 0 Å². The number of nitrogens with one attached hydrogen (secondary N) is 2. The first-order valence-electron chi connectivity index (χ1n) is 4.55. The van der Waals surface area contributed by atoms with Crippen LogP contribution in [0.25, 0.3) is 0 Å². The van der Waals surface area contributed by atoms with Gasteiger partial charge >= 0.3 is 0 Å². The van der Waals surface area contributed by atoms with E-state index in [0.29, 0.717) is 10.9 Å². The van der Waals surface area contributed by atoms with Crippen molar-refractivity contribution >= 4 is 46.4 Å². The van der Waals surface area contributed by atoms with Crippen LogP contribution < -0.4 is 10.6 Å². The zero-order valence-corrected chi connectivity index (χ0v) is 11.5. The average molecular weight is 279 g/mol. The van der Waals surface area contributed by atoms with Gasteiger partial charge in [0.2, 0.25) is 0 Å². The van der Waals surface area contributed by atoms with E-state index in [1.165, 1.54) is 6.20 Å². The second-order valence-electron chi connectivity index (χ2n) is 4.16. The Morgan fingerprint density at radius 3 is 2.50 bits per heavy atom. The second-order valence-corrected chi connectivity index (χ2v) is 5.31. The summed E-state index contributed by atoms with van der Waals surface area (Å²) in [5.41, 5.74) is -0.129. The van der Waals surface area contributed by atoms with Crippen molar-refractivity contribution in [3.8, 4) is 0 Å². The van der Waals surface area contributed by atoms with Crippen molar-refractivity contribution in [1.82, 2.24) is 15.3 Å². The third-order valence-electron chi connectivity index (χ3n) is 1.42. The molecule has 4 nitrogen and oxygen atoms in total. The van der Waals surface area contributed by atoms with E-state index in [0.717, 1.165) is 0 Å². The fourth-order valence-corrected chi connectivity index (χ4v) is 1.68. The molecule has 1 heterocycles. The Kier molecular flexibility index (Phi) is 4.29. The van der Waals surface area contributed by atoms with Gasteiger partial charge in [0.1, 0.15) is 5.15 Å². The molecular weight excluding hydrogens is 267 g/mol. The van der Waals surface area contributed by atoms with Crippen molar-refractivity contribution < 1.29 is 0 Å². The maximum atomic E-state index is 5.84. The summed E-state index contributed by atoms with van der Waals surface area (Å²) in [5.74, 6) is 0.382. The van der Waals surface area contributed by atoms with Crippen LogP contribution in [-0.2, 0) is 0 Å². The van der Waals surface area contributed by atoms with Gasteiger partial charge in [0.25, 0.3) is 0 Å². The molecule has 0 aliphatic heterocycles. The summed E-state index contributed by atoms with van der Waals surface area (Å²) < 4.78 is 0. The molecule has 1 rings (SSSR count). The lowest BCUT2D eigenvalue weighted by Gasteiger charge is -2.22. The van der Waals surface area contributed by atoms with Crippen molar-refractivity contribution in [1.29, 1.82) is 0 Å². The molecule has 88 valence electrons. The van der Waals surface area contributed by atoms with Crippen LogP contribution in [0.15, 0.2) is 6.20 Å². The van der Waals surface area contributed by atoms with Crippen LogP contribution in [-0.4, -0.2) is 20.6 Å². The topological polar surface area (TPSA) is 49.8 Å². The highest BCUT2D eigenvalue weighted by atomic mass is 35.5. The number of anilines is 1. The molecule has 16 heavy (non-hydrogen) atoms. The smallest absolute Gasteiger partial charge is 0.173 e. The van der Waals surface area contributed by atoms with E-state index in [4.69, 9.17) is 35.4 Å². The Hall–Kier alpha value is -0.650. The van der Waals surface area contributed by atoms with Gasteiger partial charge in [0, 0.05) is 5.54 Å². The van der Waals surface area contributed by atoms with Crippen molar-refractivity contribution in [2.24, 2.45) is 0 Å². The Labute approximate surface area is 110 Å². The van der Waals surface area contributed by atoms with E-state index in [-0.39, 0.29) is 15.8 Å². The average Bonchev–Trinajstić information content (AvgIpc) is 2.06. The normalized spacial score (nSPS) is 11.1. The largest absolute Gasteiger partial charge is 0.358 e. The molecule has 7 heteroatoms. The fourth-order valence-electron chi connectivity index (χ4n) is 0.910. The van der Waals surface area contributed by atoms with E-state index in [9.17, 15) is 0 Å². The highest BCUT2D eigenvalue weighted by Gasteiger charge is 2.12. The molecule has 1 aromatic heterocycles. The van der Waals surface area contributed by atoms with Crippen LogP contribution in [0, 0.1) is 0 Å². The van der Waals surface area contributed by atoms with Gasteiger partial charge in [-0.15, -0.1) is 0 Å². The minimum absolute atomic E-state index is 0.129. The SMILES string of the molecule is CC(C)(C)NC(=S)Nc1ncc(Cl)nc1Cl. The molecule has 0 aromatic carbocycles. The molecule has 0 spiro atoms. The Morgan fingerprint density at radius 2 is 2.00 bits per heavy atom. The van der Waals surface area contributed by atoms with E-state index in [2.05, 4.69) is 20.6 Å². The number of thiocarbonyl (C=S) groups is 1. The summed E-state index contributed by atoms with van der Waals surface area (Å²) in [7, 11) is 0. The van der Waals surface area contributed by atoms with Gasteiger partial charge in [-0.3, -0.25) is 0 Å². The van der Waals surface area contributed by atoms with E-state index in [1.54, 1.807) is 0 Å². The number of halogens is 2. The summed E-state index contributed by atoms with van der Waals surface area (Å²) in [6.07, 6.45) is 1.40. The summed E-state index contributed by atoms with van der Waals surface area (Å²) in [6.45, 7) is 5.99. The summed E-state index contributed by atoms with van der Waals surface area (Å²) in [6, 6.07) is 0. The van der Waals surface area contributed by atoms with Crippen LogP contribution in [0.1, 0.15) is 20.8 Å². The van der Waals surface area contributed by atoms with Gasteiger partial charge in [0.15, 0.2) is 16.1 Å². The molecule has 0 saturated heterocycles. The monoisotopic (exact) mass is 278 g/mol. The zero-order chi connectivity index (χ0) is 12.3. The minimum atomic E-state index is -0.129. The maximum absolute atomic E-state index is 5.84. The second kappa shape index (κ2) is 5.12. The highest BCUT2D eigenvalue weighted by Crippen LogP contribution is 2.18. The molecule has 0 atom stereocenters. The number of aromatic nitrogens is 2.